The molecule has 0 saturated carbocycles. The number of hydrogen-bond donors (Lipinski definition) is 2. The molecule has 2 heterocycles. The number of H-pyrrole nitrogens is 1. The van der Waals surface area contributed by atoms with Crippen LogP contribution >= 0.6 is 11.3 Å². The third kappa shape index (κ3) is 1.97. The fourth-order valence-corrected chi connectivity index (χ4v) is 1.50. The standard InChI is InChI=1S/C8H8N4OS/c13-8(7-4-14-5-10-7)9-1-6-2-11-12-3-6/h2-5H,1H2,(H,9,13)(H,11,12). The van der Waals surface area contributed by atoms with Gasteiger partial charge in [0.15, 0.2) is 0 Å². The summed E-state index contributed by atoms with van der Waals surface area (Å²) in [6.45, 7) is 0.465. The number of thiazole rings is 1. The molecule has 0 spiro atoms. The Hall–Kier alpha value is -1.69. The summed E-state index contributed by atoms with van der Waals surface area (Å²) < 4.78 is 0. The molecule has 0 unspecified atom stereocenters. The largest absolute Gasteiger partial charge is 0.346 e. The zero-order valence-electron chi connectivity index (χ0n) is 7.23. The number of aromatic amines is 1. The van der Waals surface area contributed by atoms with Crippen LogP contribution in [-0.4, -0.2) is 21.1 Å². The Morgan fingerprint density at radius 2 is 2.57 bits per heavy atom. The van der Waals surface area contributed by atoms with Gasteiger partial charge in [0.1, 0.15) is 5.69 Å². The van der Waals surface area contributed by atoms with Gasteiger partial charge in [-0.3, -0.25) is 9.89 Å². The smallest absolute Gasteiger partial charge is 0.271 e. The number of nitrogens with one attached hydrogen (secondary N) is 2. The summed E-state index contributed by atoms with van der Waals surface area (Å²) in [5.41, 5.74) is 3.03. The lowest BCUT2D eigenvalue weighted by atomic mass is 10.3. The number of amides is 1. The molecule has 0 fully saturated rings. The van der Waals surface area contributed by atoms with Crippen molar-refractivity contribution in [2.75, 3.05) is 0 Å². The van der Waals surface area contributed by atoms with Crippen molar-refractivity contribution < 1.29 is 4.79 Å². The van der Waals surface area contributed by atoms with Crippen LogP contribution in [0.1, 0.15) is 16.1 Å². The Labute approximate surface area is 84.2 Å². The Kier molecular flexibility index (Phi) is 2.55. The average molecular weight is 208 g/mol. The number of hydrogen-bond acceptors (Lipinski definition) is 4. The monoisotopic (exact) mass is 208 g/mol. The van der Waals surface area contributed by atoms with Crippen molar-refractivity contribution in [1.82, 2.24) is 20.5 Å². The van der Waals surface area contributed by atoms with Gasteiger partial charge in [0.25, 0.3) is 5.91 Å². The summed E-state index contributed by atoms with van der Waals surface area (Å²) in [5, 5.41) is 10.9. The van der Waals surface area contributed by atoms with E-state index in [1.807, 2.05) is 0 Å². The maximum Gasteiger partial charge on any atom is 0.271 e. The summed E-state index contributed by atoms with van der Waals surface area (Å²) in [7, 11) is 0. The molecule has 72 valence electrons. The van der Waals surface area contributed by atoms with Crippen LogP contribution in [0.3, 0.4) is 0 Å². The summed E-state index contributed by atoms with van der Waals surface area (Å²) in [5.74, 6) is -0.160. The summed E-state index contributed by atoms with van der Waals surface area (Å²) in [4.78, 5) is 15.3. The number of carbonyl (C=O) groups excluding carboxylic acids is 1. The maximum atomic E-state index is 11.4. The van der Waals surface area contributed by atoms with Crippen LogP contribution in [0.2, 0.25) is 0 Å². The first kappa shape index (κ1) is 8.89. The second kappa shape index (κ2) is 4.01. The van der Waals surface area contributed by atoms with Gasteiger partial charge in [-0.05, 0) is 0 Å². The van der Waals surface area contributed by atoms with E-state index in [0.29, 0.717) is 12.2 Å². The zero-order chi connectivity index (χ0) is 9.80. The van der Waals surface area contributed by atoms with Gasteiger partial charge >= 0.3 is 0 Å². The van der Waals surface area contributed by atoms with Crippen molar-refractivity contribution >= 4 is 17.2 Å². The van der Waals surface area contributed by atoms with E-state index in [-0.39, 0.29) is 5.91 Å². The minimum atomic E-state index is -0.160. The normalized spacial score (nSPS) is 10.0. The Morgan fingerprint density at radius 1 is 1.64 bits per heavy atom. The van der Waals surface area contributed by atoms with Crippen LogP contribution in [0.25, 0.3) is 0 Å². The molecule has 2 aromatic rings. The molecule has 6 heteroatoms. The molecule has 5 nitrogen and oxygen atoms in total. The molecule has 0 atom stereocenters. The molecule has 14 heavy (non-hydrogen) atoms. The molecular formula is C8H8N4OS. The molecule has 0 radical (unpaired) electrons. The lowest BCUT2D eigenvalue weighted by Gasteiger charge is -1.99. The van der Waals surface area contributed by atoms with Crippen LogP contribution < -0.4 is 5.32 Å². The lowest BCUT2D eigenvalue weighted by molar-refractivity contribution is 0.0946. The summed E-state index contributed by atoms with van der Waals surface area (Å²) in [6, 6.07) is 0. The minimum absolute atomic E-state index is 0.160. The van der Waals surface area contributed by atoms with Crippen molar-refractivity contribution in [1.29, 1.82) is 0 Å². The number of rotatable bonds is 3. The van der Waals surface area contributed by atoms with Gasteiger partial charge in [0, 0.05) is 23.7 Å². The van der Waals surface area contributed by atoms with Crippen LogP contribution in [0.15, 0.2) is 23.3 Å². The second-order valence-corrected chi connectivity index (χ2v) is 3.38. The van der Waals surface area contributed by atoms with Crippen LogP contribution in [0.5, 0.6) is 0 Å². The molecule has 0 aliphatic rings. The molecule has 2 N–H and O–H groups in total. The third-order valence-electron chi connectivity index (χ3n) is 1.67. The summed E-state index contributed by atoms with van der Waals surface area (Å²) in [6.07, 6.45) is 3.41. The predicted octanol–water partition coefficient (Wildman–Crippen LogP) is 0.796. The minimum Gasteiger partial charge on any atom is -0.346 e. The fourth-order valence-electron chi connectivity index (χ4n) is 0.972. The Balaban J connectivity index is 1.90. The molecule has 0 saturated heterocycles. The van der Waals surface area contributed by atoms with Crippen LogP contribution in [0, 0.1) is 0 Å². The number of aromatic nitrogens is 3. The van der Waals surface area contributed by atoms with Gasteiger partial charge in [0.2, 0.25) is 0 Å². The zero-order valence-corrected chi connectivity index (χ0v) is 8.04. The van der Waals surface area contributed by atoms with Crippen LogP contribution in [-0.2, 0) is 6.54 Å². The summed E-state index contributed by atoms with van der Waals surface area (Å²) >= 11 is 1.40. The molecule has 2 aromatic heterocycles. The predicted molar refractivity (Wildman–Crippen MR) is 51.9 cm³/mol. The van der Waals surface area contributed by atoms with Gasteiger partial charge in [-0.2, -0.15) is 5.10 Å². The van der Waals surface area contributed by atoms with Gasteiger partial charge in [-0.15, -0.1) is 11.3 Å². The molecule has 0 aliphatic carbocycles. The van der Waals surface area contributed by atoms with Crippen molar-refractivity contribution in [2.45, 2.75) is 6.54 Å². The Bertz CT molecular complexity index is 395. The van der Waals surface area contributed by atoms with Crippen molar-refractivity contribution in [2.24, 2.45) is 0 Å². The molecule has 2 rings (SSSR count). The van der Waals surface area contributed by atoms with Crippen molar-refractivity contribution in [3.05, 3.63) is 34.5 Å². The van der Waals surface area contributed by atoms with E-state index >= 15 is 0 Å². The van der Waals surface area contributed by atoms with E-state index in [1.165, 1.54) is 11.3 Å². The van der Waals surface area contributed by atoms with Crippen molar-refractivity contribution in [3.63, 3.8) is 0 Å². The quantitative estimate of drug-likeness (QED) is 0.783. The second-order valence-electron chi connectivity index (χ2n) is 2.66. The van der Waals surface area contributed by atoms with E-state index < -0.39 is 0 Å². The van der Waals surface area contributed by atoms with Gasteiger partial charge < -0.3 is 5.32 Å². The first-order valence-electron chi connectivity index (χ1n) is 4.00. The van der Waals surface area contributed by atoms with E-state index in [0.717, 1.165) is 5.56 Å². The number of nitrogens with zero attached hydrogens (tertiary/aromatic N) is 2. The van der Waals surface area contributed by atoms with Gasteiger partial charge in [-0.1, -0.05) is 0 Å². The highest BCUT2D eigenvalue weighted by molar-refractivity contribution is 7.07. The number of carbonyl (C=O) groups is 1. The molecule has 0 bridgehead atoms. The molecule has 1 amide bonds. The lowest BCUT2D eigenvalue weighted by Crippen LogP contribution is -2.22. The molecule has 0 aliphatic heterocycles. The van der Waals surface area contributed by atoms with E-state index in [9.17, 15) is 4.79 Å². The SMILES string of the molecule is O=C(NCc1cn[nH]c1)c1cscn1. The average Bonchev–Trinajstić information content (AvgIpc) is 2.87. The van der Waals surface area contributed by atoms with E-state index in [2.05, 4.69) is 20.5 Å². The van der Waals surface area contributed by atoms with E-state index in [1.54, 1.807) is 23.3 Å². The van der Waals surface area contributed by atoms with E-state index in [4.69, 9.17) is 0 Å². The highest BCUT2D eigenvalue weighted by Crippen LogP contribution is 2.01. The molecular weight excluding hydrogens is 200 g/mol. The maximum absolute atomic E-state index is 11.4. The Morgan fingerprint density at radius 3 is 3.21 bits per heavy atom. The van der Waals surface area contributed by atoms with Gasteiger partial charge in [-0.25, -0.2) is 4.98 Å². The van der Waals surface area contributed by atoms with Crippen molar-refractivity contribution in [3.8, 4) is 0 Å². The van der Waals surface area contributed by atoms with Gasteiger partial charge in [0.05, 0.1) is 11.7 Å². The van der Waals surface area contributed by atoms with Crippen LogP contribution in [0.4, 0.5) is 0 Å². The highest BCUT2D eigenvalue weighted by atomic mass is 32.1. The topological polar surface area (TPSA) is 70.7 Å². The first-order chi connectivity index (χ1) is 6.86. The highest BCUT2D eigenvalue weighted by Gasteiger charge is 2.06. The molecule has 0 aromatic carbocycles. The fraction of sp³-hybridized carbons (Fsp3) is 0.125. The third-order valence-corrected chi connectivity index (χ3v) is 2.26. The first-order valence-corrected chi connectivity index (χ1v) is 4.94.